The van der Waals surface area contributed by atoms with Crippen molar-refractivity contribution in [3.8, 4) is 0 Å². The molecular formula is C20H22N4O3. The van der Waals surface area contributed by atoms with E-state index in [1.54, 1.807) is 18.7 Å². The van der Waals surface area contributed by atoms with Crippen molar-refractivity contribution in [1.29, 1.82) is 0 Å². The van der Waals surface area contributed by atoms with E-state index >= 15 is 0 Å². The average molecular weight is 366 g/mol. The lowest BCUT2D eigenvalue weighted by molar-refractivity contribution is -0.134. The van der Waals surface area contributed by atoms with Crippen LogP contribution in [0.5, 0.6) is 0 Å². The fourth-order valence-electron chi connectivity index (χ4n) is 4.27. The highest BCUT2D eigenvalue weighted by Gasteiger charge is 2.49. The van der Waals surface area contributed by atoms with Gasteiger partial charge in [-0.2, -0.15) is 0 Å². The molecule has 0 aliphatic carbocycles. The van der Waals surface area contributed by atoms with Gasteiger partial charge in [-0.3, -0.25) is 14.4 Å². The van der Waals surface area contributed by atoms with E-state index in [-0.39, 0.29) is 23.8 Å². The smallest absolute Gasteiger partial charge is 0.254 e. The maximum atomic E-state index is 12.9. The summed E-state index contributed by atoms with van der Waals surface area (Å²) in [6.45, 7) is 4.38. The number of rotatable bonds is 2. The molecule has 1 spiro atoms. The van der Waals surface area contributed by atoms with Gasteiger partial charge in [0.25, 0.3) is 5.56 Å². The Labute approximate surface area is 156 Å². The first-order valence-corrected chi connectivity index (χ1v) is 9.16. The van der Waals surface area contributed by atoms with Crippen molar-refractivity contribution in [2.75, 3.05) is 18.4 Å². The predicted octanol–water partition coefficient (Wildman–Crippen LogP) is 1.44. The SMILES string of the molecule is Cc1nc(C)c(CC(=O)N2CCCC3(C2)C(=O)Nc2ccccc23)c(=O)[nH]1. The number of piperidine rings is 1. The maximum Gasteiger partial charge on any atom is 0.254 e. The zero-order chi connectivity index (χ0) is 19.2. The fourth-order valence-corrected chi connectivity index (χ4v) is 4.27. The molecule has 1 atom stereocenters. The molecular weight excluding hydrogens is 344 g/mol. The van der Waals surface area contributed by atoms with E-state index in [4.69, 9.17) is 0 Å². The van der Waals surface area contributed by atoms with Gasteiger partial charge in [0.05, 0.1) is 11.8 Å². The van der Waals surface area contributed by atoms with Crippen LogP contribution in [0.3, 0.4) is 0 Å². The van der Waals surface area contributed by atoms with Gasteiger partial charge in [-0.05, 0) is 38.3 Å². The normalized spacial score (nSPS) is 21.3. The lowest BCUT2D eigenvalue weighted by Crippen LogP contribution is -2.52. The van der Waals surface area contributed by atoms with Gasteiger partial charge in [0.2, 0.25) is 11.8 Å². The van der Waals surface area contributed by atoms with Crippen LogP contribution in [-0.4, -0.2) is 39.8 Å². The summed E-state index contributed by atoms with van der Waals surface area (Å²) in [6, 6.07) is 7.66. The average Bonchev–Trinajstić information content (AvgIpc) is 2.90. The minimum absolute atomic E-state index is 0.00616. The Balaban J connectivity index is 1.60. The number of hydrogen-bond donors (Lipinski definition) is 2. The number of nitrogens with zero attached hydrogens (tertiary/aromatic N) is 2. The van der Waals surface area contributed by atoms with E-state index in [1.807, 2.05) is 24.3 Å². The summed E-state index contributed by atoms with van der Waals surface area (Å²) in [5, 5.41) is 2.95. The second-order valence-corrected chi connectivity index (χ2v) is 7.39. The topological polar surface area (TPSA) is 95.2 Å². The van der Waals surface area contributed by atoms with Crippen LogP contribution in [-0.2, 0) is 21.4 Å². The lowest BCUT2D eigenvalue weighted by Gasteiger charge is -2.39. The molecule has 1 unspecified atom stereocenters. The molecule has 7 nitrogen and oxygen atoms in total. The molecule has 1 aromatic heterocycles. The molecule has 2 N–H and O–H groups in total. The van der Waals surface area contributed by atoms with E-state index in [9.17, 15) is 14.4 Å². The van der Waals surface area contributed by atoms with Gasteiger partial charge < -0.3 is 15.2 Å². The van der Waals surface area contributed by atoms with Crippen molar-refractivity contribution >= 4 is 17.5 Å². The number of aromatic nitrogens is 2. The monoisotopic (exact) mass is 366 g/mol. The first-order chi connectivity index (χ1) is 12.9. The highest BCUT2D eigenvalue weighted by atomic mass is 16.2. The van der Waals surface area contributed by atoms with Crippen molar-refractivity contribution in [2.24, 2.45) is 0 Å². The number of aromatic amines is 1. The van der Waals surface area contributed by atoms with Crippen molar-refractivity contribution in [2.45, 2.75) is 38.5 Å². The summed E-state index contributed by atoms with van der Waals surface area (Å²) in [4.78, 5) is 46.5. The summed E-state index contributed by atoms with van der Waals surface area (Å²) in [7, 11) is 0. The highest BCUT2D eigenvalue weighted by molar-refractivity contribution is 6.06. The first-order valence-electron chi connectivity index (χ1n) is 9.16. The number of benzene rings is 1. The molecule has 2 aliphatic heterocycles. The Kier molecular flexibility index (Phi) is 4.09. The van der Waals surface area contributed by atoms with Crippen LogP contribution in [0.1, 0.15) is 35.5 Å². The van der Waals surface area contributed by atoms with Crippen molar-refractivity contribution in [3.05, 3.63) is 57.3 Å². The highest BCUT2D eigenvalue weighted by Crippen LogP contribution is 2.43. The van der Waals surface area contributed by atoms with Crippen LogP contribution in [0.15, 0.2) is 29.1 Å². The van der Waals surface area contributed by atoms with Gasteiger partial charge in [-0.1, -0.05) is 18.2 Å². The molecule has 0 radical (unpaired) electrons. The number of hydrogen-bond acceptors (Lipinski definition) is 4. The van der Waals surface area contributed by atoms with Crippen molar-refractivity contribution < 1.29 is 9.59 Å². The number of amides is 2. The van der Waals surface area contributed by atoms with Gasteiger partial charge in [-0.25, -0.2) is 4.98 Å². The van der Waals surface area contributed by atoms with E-state index in [2.05, 4.69) is 15.3 Å². The number of para-hydroxylation sites is 1. The predicted molar refractivity (Wildman–Crippen MR) is 101 cm³/mol. The zero-order valence-corrected chi connectivity index (χ0v) is 15.5. The van der Waals surface area contributed by atoms with E-state index in [0.29, 0.717) is 36.6 Å². The number of fused-ring (bicyclic) bond motifs is 2. The standard InChI is InChI=1S/C20H22N4O3/c1-12-14(18(26)22-13(2)21-12)10-17(25)24-9-5-8-20(11-24)15-6-3-4-7-16(15)23-19(20)27/h3-4,6-7H,5,8-11H2,1-2H3,(H,23,27)(H,21,22,26). The second-order valence-electron chi connectivity index (χ2n) is 7.39. The maximum absolute atomic E-state index is 12.9. The van der Waals surface area contributed by atoms with E-state index < -0.39 is 5.41 Å². The Morgan fingerprint density at radius 1 is 1.26 bits per heavy atom. The molecule has 2 aromatic rings. The summed E-state index contributed by atoms with van der Waals surface area (Å²) in [6.07, 6.45) is 1.45. The third-order valence-electron chi connectivity index (χ3n) is 5.64. The number of carbonyl (C=O) groups is 2. The molecule has 27 heavy (non-hydrogen) atoms. The lowest BCUT2D eigenvalue weighted by atomic mass is 9.75. The minimum Gasteiger partial charge on any atom is -0.341 e. The molecule has 3 heterocycles. The van der Waals surface area contributed by atoms with Crippen molar-refractivity contribution in [1.82, 2.24) is 14.9 Å². The van der Waals surface area contributed by atoms with Gasteiger partial charge in [-0.15, -0.1) is 0 Å². The van der Waals surface area contributed by atoms with Crippen LogP contribution in [0.4, 0.5) is 5.69 Å². The number of likely N-dealkylation sites (tertiary alicyclic amines) is 1. The third-order valence-corrected chi connectivity index (χ3v) is 5.64. The summed E-state index contributed by atoms with van der Waals surface area (Å²) in [5.41, 5.74) is 1.77. The molecule has 1 fully saturated rings. The van der Waals surface area contributed by atoms with Gasteiger partial charge >= 0.3 is 0 Å². The summed E-state index contributed by atoms with van der Waals surface area (Å²) < 4.78 is 0. The van der Waals surface area contributed by atoms with Crippen LogP contribution >= 0.6 is 0 Å². The molecule has 1 aromatic carbocycles. The largest absolute Gasteiger partial charge is 0.341 e. The molecule has 2 aliphatic rings. The molecule has 140 valence electrons. The summed E-state index contributed by atoms with van der Waals surface area (Å²) in [5.74, 6) is 0.336. The summed E-state index contributed by atoms with van der Waals surface area (Å²) >= 11 is 0. The molecule has 4 rings (SSSR count). The fraction of sp³-hybridized carbons (Fsp3) is 0.400. The first kappa shape index (κ1) is 17.5. The Morgan fingerprint density at radius 2 is 2.04 bits per heavy atom. The Bertz CT molecular complexity index is 997. The number of carbonyl (C=O) groups excluding carboxylic acids is 2. The number of aryl methyl sites for hydroxylation is 2. The molecule has 1 saturated heterocycles. The quantitative estimate of drug-likeness (QED) is 0.841. The molecule has 7 heteroatoms. The van der Waals surface area contributed by atoms with Crippen LogP contribution in [0, 0.1) is 13.8 Å². The number of anilines is 1. The van der Waals surface area contributed by atoms with E-state index in [1.165, 1.54) is 0 Å². The zero-order valence-electron chi connectivity index (χ0n) is 15.5. The minimum atomic E-state index is -0.697. The van der Waals surface area contributed by atoms with Crippen LogP contribution in [0.2, 0.25) is 0 Å². The molecule has 0 saturated carbocycles. The molecule has 0 bridgehead atoms. The van der Waals surface area contributed by atoms with Crippen molar-refractivity contribution in [3.63, 3.8) is 0 Å². The second kappa shape index (κ2) is 6.33. The van der Waals surface area contributed by atoms with Crippen LogP contribution < -0.4 is 10.9 Å². The number of H-pyrrole nitrogens is 1. The van der Waals surface area contributed by atoms with Gasteiger partial charge in [0, 0.05) is 30.0 Å². The number of nitrogens with one attached hydrogen (secondary N) is 2. The Hall–Kier alpha value is -2.96. The van der Waals surface area contributed by atoms with Crippen LogP contribution in [0.25, 0.3) is 0 Å². The van der Waals surface area contributed by atoms with E-state index in [0.717, 1.165) is 17.7 Å². The van der Waals surface area contributed by atoms with Gasteiger partial charge in [0.15, 0.2) is 0 Å². The third kappa shape index (κ3) is 2.83. The van der Waals surface area contributed by atoms with Gasteiger partial charge in [0.1, 0.15) is 5.82 Å². The molecule has 2 amide bonds. The Morgan fingerprint density at radius 3 is 2.81 bits per heavy atom.